The third-order valence-corrected chi connectivity index (χ3v) is 1.46. The van der Waals surface area contributed by atoms with Crippen molar-refractivity contribution in [1.82, 2.24) is 0 Å². The summed E-state index contributed by atoms with van der Waals surface area (Å²) in [5, 5.41) is 0. The number of hydrogen-bond acceptors (Lipinski definition) is 3. The molecule has 0 aromatic heterocycles. The molecule has 0 atom stereocenters. The quantitative estimate of drug-likeness (QED) is 0.189. The van der Waals surface area contributed by atoms with E-state index in [-0.39, 0.29) is 23.3 Å². The van der Waals surface area contributed by atoms with Gasteiger partial charge >= 0.3 is 50.9 Å². The predicted molar refractivity (Wildman–Crippen MR) is 73.4 cm³/mol. The molecule has 7 nitrogen and oxygen atoms in total. The fourth-order valence-corrected chi connectivity index (χ4v) is 0.854. The van der Waals surface area contributed by atoms with E-state index >= 15 is 0 Å². The first-order valence-corrected chi connectivity index (χ1v) is 14.0. The molecule has 0 saturated carbocycles. The summed E-state index contributed by atoms with van der Waals surface area (Å²) in [5.41, 5.74) is 0. The molecule has 114 valence electrons. The number of hydrogen-bond donors (Lipinski definition) is 4. The molecule has 0 aliphatic carbocycles. The third-order valence-electron chi connectivity index (χ3n) is 1.46. The Morgan fingerprint density at radius 2 is 1.11 bits per heavy atom. The van der Waals surface area contributed by atoms with Crippen LogP contribution < -0.4 is 0 Å². The van der Waals surface area contributed by atoms with Gasteiger partial charge in [0, 0.05) is 0 Å². The Bertz CT molecular complexity index is 278. The fourth-order valence-electron chi connectivity index (χ4n) is 0.854. The van der Waals surface area contributed by atoms with E-state index in [9.17, 15) is 8.42 Å². The van der Waals surface area contributed by atoms with Crippen molar-refractivity contribution in [2.45, 2.75) is 52.4 Å². The van der Waals surface area contributed by atoms with Crippen molar-refractivity contribution in [3.05, 3.63) is 0 Å². The Kier molecular flexibility index (Phi) is 19.1. The molecular formula is C8H24BiO7PS. The molecule has 0 amide bonds. The van der Waals surface area contributed by atoms with Crippen molar-refractivity contribution in [2.75, 3.05) is 0 Å². The molecule has 4 N–H and O–H groups in total. The van der Waals surface area contributed by atoms with Crippen molar-refractivity contribution >= 4 is 38.0 Å². The molecule has 0 spiro atoms. The van der Waals surface area contributed by atoms with Crippen LogP contribution in [0.3, 0.4) is 0 Å². The fraction of sp³-hybridized carbons (Fsp3) is 1.00. The van der Waals surface area contributed by atoms with E-state index in [0.29, 0.717) is 0 Å². The number of rotatable bonds is 5. The van der Waals surface area contributed by atoms with Crippen LogP contribution in [-0.2, 0) is 11.4 Å². The van der Waals surface area contributed by atoms with Gasteiger partial charge in [-0.05, 0) is 0 Å². The van der Waals surface area contributed by atoms with Gasteiger partial charge in [-0.25, -0.2) is 4.57 Å². The summed E-state index contributed by atoms with van der Waals surface area (Å²) in [5.74, 6) is 0. The Morgan fingerprint density at radius 1 is 0.944 bits per heavy atom. The molecule has 0 aliphatic heterocycles. The molecule has 0 radical (unpaired) electrons. The van der Waals surface area contributed by atoms with Crippen LogP contribution in [0, 0.1) is 0 Å². The summed E-state index contributed by atoms with van der Waals surface area (Å²) >= 11 is -0.340. The van der Waals surface area contributed by atoms with E-state index in [4.69, 9.17) is 23.8 Å². The topological polar surface area (TPSA) is 132 Å². The molecule has 0 aliphatic rings. The summed E-state index contributed by atoms with van der Waals surface area (Å²) in [7, 11) is -4.64. The first-order chi connectivity index (χ1) is 7.91. The summed E-state index contributed by atoms with van der Waals surface area (Å²) < 4.78 is 35.0. The number of unbranched alkanes of at least 4 members (excludes halogenated alkanes) is 5. The van der Waals surface area contributed by atoms with Crippen molar-refractivity contribution in [3.63, 3.8) is 0 Å². The standard InChI is InChI=1S/C8H18.Bi.H3O4P.HO3S.2H/c1-3-5-7-8-6-4-2;;1-5(2,3)4;1-4(2)3;;/h3-8H2,1-2H3;;(H3,1,2,3,4);(H,1,2,3);;. The van der Waals surface area contributed by atoms with Crippen molar-refractivity contribution in [2.24, 2.45) is 0 Å². The van der Waals surface area contributed by atoms with E-state index in [1.807, 2.05) is 0 Å². The summed E-state index contributed by atoms with van der Waals surface area (Å²) in [6.45, 7) is 1.01. The average molecular weight is 504 g/mol. The van der Waals surface area contributed by atoms with Gasteiger partial charge in [-0.1, -0.05) is 52.4 Å². The van der Waals surface area contributed by atoms with Crippen LogP contribution in [0.2, 0.25) is 0 Å². The zero-order valence-electron chi connectivity index (χ0n) is 10.7. The van der Waals surface area contributed by atoms with Gasteiger partial charge in [-0.2, -0.15) is 0 Å². The Balaban J connectivity index is -0.000000197. The van der Waals surface area contributed by atoms with Crippen molar-refractivity contribution in [1.29, 1.82) is 0 Å². The molecular weight excluding hydrogens is 480 g/mol. The molecule has 0 unspecified atom stereocenters. The molecule has 0 aromatic carbocycles. The zero-order chi connectivity index (χ0) is 15.2. The van der Waals surface area contributed by atoms with E-state index in [0.717, 1.165) is 0 Å². The first-order valence-electron chi connectivity index (χ1n) is 5.45. The normalized spacial score (nSPS) is 10.8. The van der Waals surface area contributed by atoms with Gasteiger partial charge in [0.05, 0.1) is 0 Å². The summed E-state index contributed by atoms with van der Waals surface area (Å²) in [6, 6.07) is 0. The Hall–Kier alpha value is 0.903. The minimum absolute atomic E-state index is 0.340. The summed E-state index contributed by atoms with van der Waals surface area (Å²) in [6.07, 6.45) is 8.49. The summed E-state index contributed by atoms with van der Waals surface area (Å²) in [4.78, 5) is 21.6. The molecule has 18 heavy (non-hydrogen) atoms. The Morgan fingerprint density at radius 3 is 1.22 bits per heavy atom. The van der Waals surface area contributed by atoms with E-state index < -0.39 is 14.7 Å². The van der Waals surface area contributed by atoms with E-state index in [1.54, 1.807) is 0 Å². The second kappa shape index (κ2) is 14.3. The second-order valence-corrected chi connectivity index (χ2v) is 12.4. The van der Waals surface area contributed by atoms with Gasteiger partial charge in [0.25, 0.3) is 0 Å². The SMILES string of the molecule is CCCCCCCC.O=P(O)(O)O.O=[S](=O)(O)[BiH2]. The van der Waals surface area contributed by atoms with Crippen LogP contribution in [-0.4, -0.2) is 50.9 Å². The number of phosphoric acid groups is 1. The van der Waals surface area contributed by atoms with Crippen LogP contribution >= 0.6 is 7.82 Å². The van der Waals surface area contributed by atoms with Gasteiger partial charge < -0.3 is 14.7 Å². The molecule has 0 heterocycles. The second-order valence-electron chi connectivity index (χ2n) is 3.44. The molecule has 0 fully saturated rings. The van der Waals surface area contributed by atoms with Gasteiger partial charge in [0.2, 0.25) is 0 Å². The predicted octanol–water partition coefficient (Wildman–Crippen LogP) is 0.861. The van der Waals surface area contributed by atoms with E-state index in [1.165, 1.54) is 38.5 Å². The maximum atomic E-state index is 9.26. The van der Waals surface area contributed by atoms with Crippen LogP contribution in [0.15, 0.2) is 0 Å². The average Bonchev–Trinajstić information content (AvgIpc) is 2.07. The first kappa shape index (κ1) is 24.0. The van der Waals surface area contributed by atoms with Gasteiger partial charge in [0.1, 0.15) is 0 Å². The van der Waals surface area contributed by atoms with Crippen LogP contribution in [0.1, 0.15) is 52.4 Å². The van der Waals surface area contributed by atoms with Crippen LogP contribution in [0.25, 0.3) is 0 Å². The molecule has 0 bridgehead atoms. The van der Waals surface area contributed by atoms with Gasteiger partial charge in [-0.3, -0.25) is 0 Å². The van der Waals surface area contributed by atoms with Crippen LogP contribution in [0.4, 0.5) is 0 Å². The van der Waals surface area contributed by atoms with Crippen LogP contribution in [0.5, 0.6) is 0 Å². The van der Waals surface area contributed by atoms with Gasteiger partial charge in [-0.15, -0.1) is 0 Å². The van der Waals surface area contributed by atoms with Gasteiger partial charge in [0.15, 0.2) is 0 Å². The molecule has 0 aromatic rings. The molecule has 0 saturated heterocycles. The van der Waals surface area contributed by atoms with Crippen molar-refractivity contribution < 1.29 is 32.2 Å². The minimum atomic E-state index is -4.64. The maximum absolute atomic E-state index is 9.26. The van der Waals surface area contributed by atoms with E-state index in [2.05, 4.69) is 13.8 Å². The zero-order valence-corrected chi connectivity index (χ0v) is 16.9. The van der Waals surface area contributed by atoms with Crippen molar-refractivity contribution in [3.8, 4) is 0 Å². The molecule has 10 heteroatoms. The molecule has 0 rings (SSSR count). The third kappa shape index (κ3) is 123. The Labute approximate surface area is 122 Å². The monoisotopic (exact) mass is 504 g/mol.